The van der Waals surface area contributed by atoms with Crippen LogP contribution in [0.2, 0.25) is 0 Å². The number of benzene rings is 3. The van der Waals surface area contributed by atoms with Crippen molar-refractivity contribution in [1.82, 2.24) is 9.56 Å². The van der Waals surface area contributed by atoms with Gasteiger partial charge < -0.3 is 4.98 Å². The third-order valence-corrected chi connectivity index (χ3v) is 8.89. The number of fused-ring (bicyclic) bond motifs is 4. The summed E-state index contributed by atoms with van der Waals surface area (Å²) >= 11 is 1.92. The monoisotopic (exact) mass is 694 g/mol. The summed E-state index contributed by atoms with van der Waals surface area (Å²) in [6.45, 7) is 9.56. The van der Waals surface area contributed by atoms with Crippen LogP contribution in [0.1, 0.15) is 51.7 Å². The van der Waals surface area contributed by atoms with Gasteiger partial charge in [-0.05, 0) is 34.6 Å². The molecule has 0 bridgehead atoms. The van der Waals surface area contributed by atoms with E-state index in [4.69, 9.17) is 0 Å². The summed E-state index contributed by atoms with van der Waals surface area (Å²) in [5, 5.41) is 0. The largest absolute Gasteiger partial charge is 0.494 e. The molecule has 38 heavy (non-hydrogen) atoms. The number of para-hydroxylation sites is 1. The average Bonchev–Trinajstić information content (AvgIpc) is 3.25. The van der Waals surface area contributed by atoms with E-state index < -0.39 is 0 Å². The molecule has 0 amide bonds. The molecule has 0 N–H and O–H groups in total. The number of hydrogen-bond acceptors (Lipinski definition) is 2. The van der Waals surface area contributed by atoms with Crippen molar-refractivity contribution in [3.05, 3.63) is 96.2 Å². The van der Waals surface area contributed by atoms with Gasteiger partial charge in [0, 0.05) is 32.4 Å². The van der Waals surface area contributed by atoms with E-state index in [2.05, 4.69) is 91.3 Å². The molecule has 1 radical (unpaired) electrons. The van der Waals surface area contributed by atoms with Gasteiger partial charge in [-0.1, -0.05) is 66.9 Å². The zero-order valence-electron chi connectivity index (χ0n) is 22.4. The molecule has 2 aliphatic heterocycles. The third-order valence-electron chi connectivity index (χ3n) is 7.74. The van der Waals surface area contributed by atoms with Gasteiger partial charge >= 0.3 is 11.7 Å². The van der Waals surface area contributed by atoms with Crippen molar-refractivity contribution in [3.63, 3.8) is 0 Å². The summed E-state index contributed by atoms with van der Waals surface area (Å²) in [4.78, 5) is 6.92. The van der Waals surface area contributed by atoms with Crippen molar-refractivity contribution in [2.75, 3.05) is 7.05 Å². The van der Waals surface area contributed by atoms with Crippen LogP contribution in [0.5, 0.6) is 0 Å². The number of pyridine rings is 1. The van der Waals surface area contributed by atoms with Gasteiger partial charge in [-0.2, -0.15) is 6.07 Å². The summed E-state index contributed by atoms with van der Waals surface area (Å²) in [7, 11) is 2.07. The van der Waals surface area contributed by atoms with Crippen LogP contribution in [0.3, 0.4) is 0 Å². The minimum atomic E-state index is 0. The first-order chi connectivity index (χ1) is 17.8. The predicted molar refractivity (Wildman–Crippen MR) is 152 cm³/mol. The van der Waals surface area contributed by atoms with E-state index in [0.29, 0.717) is 0 Å². The topological polar surface area (TPSA) is 18.9 Å². The van der Waals surface area contributed by atoms with Crippen molar-refractivity contribution in [1.29, 1.82) is 0 Å². The Kier molecular flexibility index (Phi) is 7.09. The molecule has 3 nitrogen and oxygen atoms in total. The molecule has 3 aromatic carbocycles. The Hall–Kier alpha value is -2.81. The van der Waals surface area contributed by atoms with E-state index in [0.717, 1.165) is 11.3 Å². The quantitative estimate of drug-likeness (QED) is 0.131. The molecule has 0 fully saturated rings. The first-order valence-corrected chi connectivity index (χ1v) is 13.7. The SMILES string of the molecule is C[N+]1=C=[N+]2c3[c-]cc4c(c3Sc3cccc1c32)C(C)(C)CCC4(C)C.[Ir].[c-]1ccccc1-c1ccccn1. The zero-order valence-corrected chi connectivity index (χ0v) is 25.6. The number of rotatable bonds is 1. The van der Waals surface area contributed by atoms with Crippen LogP contribution in [0, 0.1) is 12.1 Å². The van der Waals surface area contributed by atoms with Gasteiger partial charge in [-0.25, -0.2) is 0 Å². The Labute approximate surface area is 243 Å². The van der Waals surface area contributed by atoms with Crippen LogP contribution in [-0.4, -0.2) is 22.6 Å². The van der Waals surface area contributed by atoms with Crippen molar-refractivity contribution < 1.29 is 24.7 Å². The first kappa shape index (κ1) is 26.8. The number of aromatic nitrogens is 1. The van der Waals surface area contributed by atoms with Crippen molar-refractivity contribution in [2.24, 2.45) is 0 Å². The molecule has 1 aromatic heterocycles. The fraction of sp³-hybridized carbons (Fsp3) is 0.273. The van der Waals surface area contributed by atoms with Gasteiger partial charge in [0.25, 0.3) is 5.69 Å². The van der Waals surface area contributed by atoms with E-state index >= 15 is 0 Å². The molecule has 0 spiro atoms. The van der Waals surface area contributed by atoms with Gasteiger partial charge in [0.1, 0.15) is 5.69 Å². The molecule has 0 unspecified atom stereocenters. The summed E-state index contributed by atoms with van der Waals surface area (Å²) in [5.41, 5.74) is 9.06. The molecule has 0 saturated heterocycles. The normalized spacial score (nSPS) is 16.9. The van der Waals surface area contributed by atoms with E-state index in [9.17, 15) is 0 Å². The molecule has 1 aliphatic carbocycles. The van der Waals surface area contributed by atoms with Gasteiger partial charge in [0.15, 0.2) is 7.05 Å². The second-order valence-electron chi connectivity index (χ2n) is 11.2. The van der Waals surface area contributed by atoms with Crippen molar-refractivity contribution >= 4 is 34.8 Å². The minimum Gasteiger partial charge on any atom is -0.305 e. The Morgan fingerprint density at radius 3 is 2.45 bits per heavy atom. The Bertz CT molecular complexity index is 1550. The van der Waals surface area contributed by atoms with Gasteiger partial charge in [0.05, 0.1) is 4.90 Å². The van der Waals surface area contributed by atoms with Crippen LogP contribution in [0.15, 0.2) is 82.7 Å². The van der Waals surface area contributed by atoms with E-state index in [-0.39, 0.29) is 30.9 Å². The van der Waals surface area contributed by atoms with Crippen LogP contribution in [0.25, 0.3) is 11.3 Å². The van der Waals surface area contributed by atoms with Crippen LogP contribution in [-0.2, 0) is 30.9 Å². The van der Waals surface area contributed by atoms with Crippen molar-refractivity contribution in [2.45, 2.75) is 61.2 Å². The number of hydrogen-bond donors (Lipinski definition) is 0. The number of nitrogens with zero attached hydrogens (tertiary/aromatic N) is 3. The van der Waals surface area contributed by atoms with E-state index in [1.807, 2.05) is 54.2 Å². The molecule has 4 aromatic rings. The summed E-state index contributed by atoms with van der Waals surface area (Å²) < 4.78 is 4.31. The Morgan fingerprint density at radius 1 is 0.921 bits per heavy atom. The zero-order chi connectivity index (χ0) is 25.8. The second kappa shape index (κ2) is 10.1. The fourth-order valence-corrected chi connectivity index (χ4v) is 6.96. The first-order valence-electron chi connectivity index (χ1n) is 12.8. The molecular weight excluding hydrogens is 663 g/mol. The molecule has 3 heterocycles. The maximum Gasteiger partial charge on any atom is 0.494 e. The van der Waals surface area contributed by atoms with E-state index in [1.54, 1.807) is 6.20 Å². The van der Waals surface area contributed by atoms with Crippen LogP contribution < -0.4 is 4.58 Å². The fourth-order valence-electron chi connectivity index (χ4n) is 5.56. The van der Waals surface area contributed by atoms with Gasteiger partial charge in [0.2, 0.25) is 0 Å². The Balaban J connectivity index is 0.000000191. The van der Waals surface area contributed by atoms with Crippen LogP contribution in [0.4, 0.5) is 17.1 Å². The maximum atomic E-state index is 4.22. The standard InChI is InChI=1S/C22H23N2S.C11H8N.Ir/c1-21(2)11-12-22(3,4)18-14(21)9-10-16-20(18)25-17-8-6-7-15-19(17)24(16)13-23(15)5;1-2-6-10(7-3-1)11-8-4-5-9-12-11;/h6-9H,11-12H2,1-5H3;1-6,8-9H;/q+1;-1;. The minimum absolute atomic E-state index is 0. The molecule has 193 valence electrons. The molecule has 0 atom stereocenters. The second-order valence-corrected chi connectivity index (χ2v) is 12.3. The van der Waals surface area contributed by atoms with E-state index in [1.165, 1.54) is 50.8 Å². The maximum absolute atomic E-state index is 4.22. The van der Waals surface area contributed by atoms with Gasteiger partial charge in [-0.15, -0.1) is 64.9 Å². The average molecular weight is 694 g/mol. The van der Waals surface area contributed by atoms with Crippen molar-refractivity contribution in [3.8, 4) is 11.3 Å². The molecule has 3 aliphatic rings. The molecular formula is C33H31IrN3S. The summed E-state index contributed by atoms with van der Waals surface area (Å²) in [6.07, 6.45) is 4.25. The smallest absolute Gasteiger partial charge is 0.305 e. The molecule has 7 rings (SSSR count). The third kappa shape index (κ3) is 4.52. The summed E-state index contributed by atoms with van der Waals surface area (Å²) in [6, 6.07) is 32.7. The Morgan fingerprint density at radius 2 is 1.71 bits per heavy atom. The predicted octanol–water partition coefficient (Wildman–Crippen LogP) is 8.14. The summed E-state index contributed by atoms with van der Waals surface area (Å²) in [5.74, 6) is 0. The molecule has 0 saturated carbocycles. The van der Waals surface area contributed by atoms with Crippen LogP contribution >= 0.6 is 11.8 Å². The van der Waals surface area contributed by atoms with Gasteiger partial charge in [-0.3, -0.25) is 0 Å². The molecule has 5 heteroatoms.